The Bertz CT molecular complexity index is 1300. The van der Waals surface area contributed by atoms with Crippen LogP contribution in [0.4, 0.5) is 15.9 Å². The van der Waals surface area contributed by atoms with Crippen LogP contribution in [0, 0.1) is 11.2 Å². The highest BCUT2D eigenvalue weighted by Gasteiger charge is 2.41. The van der Waals surface area contributed by atoms with Gasteiger partial charge in [-0.15, -0.1) is 0 Å². The van der Waals surface area contributed by atoms with Crippen LogP contribution in [0.25, 0.3) is 0 Å². The molecule has 0 amide bonds. The van der Waals surface area contributed by atoms with Crippen LogP contribution in [-0.4, -0.2) is 47.0 Å². The van der Waals surface area contributed by atoms with E-state index in [4.69, 9.17) is 49.6 Å². The molecular formula is C26H29Cl2FN6O2. The number of halogens is 3. The summed E-state index contributed by atoms with van der Waals surface area (Å²) in [7, 11) is 0. The average molecular weight is 547 g/mol. The summed E-state index contributed by atoms with van der Waals surface area (Å²) in [4.78, 5) is 9.99. The molecule has 1 fully saturated rings. The number of rotatable bonds is 9. The van der Waals surface area contributed by atoms with Crippen LogP contribution in [0.1, 0.15) is 43.6 Å². The molecular weight excluding hydrogens is 518 g/mol. The summed E-state index contributed by atoms with van der Waals surface area (Å²) in [5.41, 5.74) is 13.5. The number of ether oxygens (including phenoxy) is 2. The molecule has 2 aromatic heterocycles. The Hall–Kier alpha value is -2.98. The van der Waals surface area contributed by atoms with Crippen molar-refractivity contribution in [2.75, 3.05) is 30.3 Å². The number of hydrogen-bond acceptors (Lipinski definition) is 8. The van der Waals surface area contributed by atoms with Crippen molar-refractivity contribution in [3.8, 4) is 5.75 Å². The summed E-state index contributed by atoms with van der Waals surface area (Å²) in [6.45, 7) is 6.92. The van der Waals surface area contributed by atoms with Crippen LogP contribution in [0.2, 0.25) is 10.0 Å². The number of nitrogen functional groups attached to an aromatic ring is 1. The van der Waals surface area contributed by atoms with Gasteiger partial charge in [0, 0.05) is 54.1 Å². The molecule has 1 atom stereocenters. The third-order valence-electron chi connectivity index (χ3n) is 6.03. The lowest BCUT2D eigenvalue weighted by Crippen LogP contribution is -2.70. The Labute approximate surface area is 225 Å². The minimum Gasteiger partial charge on any atom is -0.486 e. The van der Waals surface area contributed by atoms with Gasteiger partial charge in [-0.2, -0.15) is 0 Å². The molecule has 196 valence electrons. The van der Waals surface area contributed by atoms with Crippen molar-refractivity contribution in [1.29, 1.82) is 5.41 Å². The normalized spacial score (nSPS) is 15.4. The molecule has 0 spiro atoms. The SMILES string of the molecule is CC(C)OCC1(N)CN(c2ncc(C(=N)c3cc(O[C@H](C)c4c(Cl)cncc4Cl)ccc3N)cc2F)C1. The fraction of sp³-hybridized carbons (Fsp3) is 0.346. The van der Waals surface area contributed by atoms with E-state index in [1.165, 1.54) is 24.7 Å². The van der Waals surface area contributed by atoms with Crippen LogP contribution in [0.5, 0.6) is 5.75 Å². The van der Waals surface area contributed by atoms with Gasteiger partial charge in [-0.3, -0.25) is 10.4 Å². The first-order valence-corrected chi connectivity index (χ1v) is 12.5. The molecule has 11 heteroatoms. The van der Waals surface area contributed by atoms with Gasteiger partial charge < -0.3 is 25.8 Å². The molecule has 0 aliphatic carbocycles. The van der Waals surface area contributed by atoms with E-state index in [-0.39, 0.29) is 23.2 Å². The zero-order chi connectivity index (χ0) is 26.9. The maximum Gasteiger partial charge on any atom is 0.166 e. The van der Waals surface area contributed by atoms with E-state index in [0.717, 1.165) is 0 Å². The number of hydrogen-bond donors (Lipinski definition) is 3. The van der Waals surface area contributed by atoms with Gasteiger partial charge in [0.1, 0.15) is 11.9 Å². The molecule has 1 aliphatic rings. The molecule has 3 aromatic rings. The fourth-order valence-electron chi connectivity index (χ4n) is 4.14. The van der Waals surface area contributed by atoms with Gasteiger partial charge in [0.05, 0.1) is 34.0 Å². The first kappa shape index (κ1) is 27.1. The van der Waals surface area contributed by atoms with Gasteiger partial charge in [-0.25, -0.2) is 9.37 Å². The Balaban J connectivity index is 1.49. The Morgan fingerprint density at radius 2 is 1.84 bits per heavy atom. The Morgan fingerprint density at radius 3 is 2.46 bits per heavy atom. The molecule has 0 saturated carbocycles. The number of nitrogens with one attached hydrogen (secondary N) is 1. The van der Waals surface area contributed by atoms with Crippen molar-refractivity contribution in [3.63, 3.8) is 0 Å². The van der Waals surface area contributed by atoms with Gasteiger partial charge >= 0.3 is 0 Å². The van der Waals surface area contributed by atoms with E-state index < -0.39 is 17.5 Å². The number of aromatic nitrogens is 2. The standard InChI is InChI=1S/C26H29Cl2FN6O2/c1-14(2)36-13-26(32)11-35(12-26)25-21(29)6-16(8-34-25)24(31)18-7-17(4-5-22(18)30)37-15(3)23-19(27)9-33-10-20(23)28/h4-10,14-15,31H,11-13,30,32H2,1-3H3/t15-/m1/s1. The average Bonchev–Trinajstić information content (AvgIpc) is 2.82. The number of benzene rings is 1. The van der Waals surface area contributed by atoms with E-state index in [1.54, 1.807) is 30.0 Å². The summed E-state index contributed by atoms with van der Waals surface area (Å²) < 4.78 is 26.7. The second-order valence-corrected chi connectivity index (χ2v) is 10.3. The Morgan fingerprint density at radius 1 is 1.16 bits per heavy atom. The van der Waals surface area contributed by atoms with Crippen molar-refractivity contribution in [2.24, 2.45) is 5.73 Å². The molecule has 37 heavy (non-hydrogen) atoms. The van der Waals surface area contributed by atoms with Crippen molar-refractivity contribution < 1.29 is 13.9 Å². The summed E-state index contributed by atoms with van der Waals surface area (Å²) in [5.74, 6) is 0.0849. The van der Waals surface area contributed by atoms with Gasteiger partial charge in [0.2, 0.25) is 0 Å². The molecule has 1 saturated heterocycles. The summed E-state index contributed by atoms with van der Waals surface area (Å²) in [6, 6.07) is 6.20. The van der Waals surface area contributed by atoms with Crippen molar-refractivity contribution in [2.45, 2.75) is 38.5 Å². The first-order chi connectivity index (χ1) is 17.5. The maximum absolute atomic E-state index is 15.0. The van der Waals surface area contributed by atoms with E-state index in [1.807, 2.05) is 13.8 Å². The number of anilines is 2. The van der Waals surface area contributed by atoms with Crippen LogP contribution in [0.3, 0.4) is 0 Å². The van der Waals surface area contributed by atoms with Crippen molar-refractivity contribution >= 4 is 40.4 Å². The number of nitrogens with zero attached hydrogens (tertiary/aromatic N) is 3. The fourth-order valence-corrected chi connectivity index (χ4v) is 4.81. The highest BCUT2D eigenvalue weighted by Crippen LogP contribution is 2.34. The highest BCUT2D eigenvalue weighted by molar-refractivity contribution is 6.35. The first-order valence-electron chi connectivity index (χ1n) is 11.7. The second kappa shape index (κ2) is 10.8. The summed E-state index contributed by atoms with van der Waals surface area (Å²) in [6.07, 6.45) is 4.01. The molecule has 1 aliphatic heterocycles. The van der Waals surface area contributed by atoms with E-state index in [2.05, 4.69) is 9.97 Å². The minimum atomic E-state index is -0.546. The van der Waals surface area contributed by atoms with Gasteiger partial charge in [-0.1, -0.05) is 23.2 Å². The molecule has 1 aromatic carbocycles. The zero-order valence-electron chi connectivity index (χ0n) is 20.8. The topological polar surface area (TPSA) is 123 Å². The van der Waals surface area contributed by atoms with E-state index in [9.17, 15) is 0 Å². The van der Waals surface area contributed by atoms with E-state index >= 15 is 4.39 Å². The molecule has 4 rings (SSSR count). The van der Waals surface area contributed by atoms with Crippen molar-refractivity contribution in [3.05, 3.63) is 75.4 Å². The van der Waals surface area contributed by atoms with E-state index in [0.29, 0.717) is 52.3 Å². The monoisotopic (exact) mass is 546 g/mol. The summed E-state index contributed by atoms with van der Waals surface area (Å²) in [5, 5.41) is 9.43. The molecule has 5 N–H and O–H groups in total. The predicted octanol–water partition coefficient (Wildman–Crippen LogP) is 5.00. The lowest BCUT2D eigenvalue weighted by molar-refractivity contribution is 0.0307. The molecule has 8 nitrogen and oxygen atoms in total. The molecule has 0 unspecified atom stereocenters. The third kappa shape index (κ3) is 5.96. The lowest BCUT2D eigenvalue weighted by Gasteiger charge is -2.48. The lowest BCUT2D eigenvalue weighted by atomic mass is 9.92. The van der Waals surface area contributed by atoms with Crippen LogP contribution in [0.15, 0.2) is 42.9 Å². The second-order valence-electron chi connectivity index (χ2n) is 9.51. The number of pyridine rings is 2. The molecule has 0 bridgehead atoms. The Kier molecular flexibility index (Phi) is 7.89. The van der Waals surface area contributed by atoms with Crippen LogP contribution in [-0.2, 0) is 4.74 Å². The van der Waals surface area contributed by atoms with Crippen molar-refractivity contribution in [1.82, 2.24) is 9.97 Å². The highest BCUT2D eigenvalue weighted by atomic mass is 35.5. The van der Waals surface area contributed by atoms with Crippen LogP contribution >= 0.6 is 23.2 Å². The number of nitrogens with two attached hydrogens (primary N) is 2. The quantitative estimate of drug-likeness (QED) is 0.254. The minimum absolute atomic E-state index is 0.00986. The smallest absolute Gasteiger partial charge is 0.166 e. The van der Waals surface area contributed by atoms with Gasteiger partial charge in [0.25, 0.3) is 0 Å². The summed E-state index contributed by atoms with van der Waals surface area (Å²) >= 11 is 12.5. The third-order valence-corrected chi connectivity index (χ3v) is 6.63. The van der Waals surface area contributed by atoms with Gasteiger partial charge in [-0.05, 0) is 45.0 Å². The molecule has 3 heterocycles. The molecule has 0 radical (unpaired) electrons. The zero-order valence-corrected chi connectivity index (χ0v) is 22.3. The van der Waals surface area contributed by atoms with Crippen LogP contribution < -0.4 is 21.1 Å². The maximum atomic E-state index is 15.0. The van der Waals surface area contributed by atoms with Gasteiger partial charge in [0.15, 0.2) is 11.6 Å². The largest absolute Gasteiger partial charge is 0.486 e. The predicted molar refractivity (Wildman–Crippen MR) is 144 cm³/mol.